The first-order valence-electron chi connectivity index (χ1n) is 4.73. The monoisotopic (exact) mass is 190 g/mol. The summed E-state index contributed by atoms with van der Waals surface area (Å²) in [6, 6.07) is 0. The second-order valence-corrected chi connectivity index (χ2v) is 3.62. The van der Waals surface area contributed by atoms with Gasteiger partial charge in [0.25, 0.3) is 0 Å². The van der Waals surface area contributed by atoms with E-state index in [-0.39, 0.29) is 0 Å². The number of ether oxygens (including phenoxy) is 2. The molecule has 0 aromatic heterocycles. The third-order valence-corrected chi connectivity index (χ3v) is 2.33. The number of hydrogen-bond donors (Lipinski definition) is 1. The van der Waals surface area contributed by atoms with Crippen molar-refractivity contribution in [2.45, 2.75) is 31.8 Å². The Labute approximate surface area is 80.0 Å². The van der Waals surface area contributed by atoms with Crippen LogP contribution in [-0.2, 0) is 9.47 Å². The molecule has 1 saturated heterocycles. The summed E-state index contributed by atoms with van der Waals surface area (Å²) in [5, 5.41) is 0. The van der Waals surface area contributed by atoms with Crippen molar-refractivity contribution >= 4 is 12.6 Å². The van der Waals surface area contributed by atoms with Crippen LogP contribution in [0.1, 0.15) is 25.7 Å². The minimum absolute atomic E-state index is 0.398. The van der Waals surface area contributed by atoms with E-state index in [1.54, 1.807) is 0 Å². The molecule has 0 atom stereocenters. The van der Waals surface area contributed by atoms with Crippen molar-refractivity contribution in [2.75, 3.05) is 25.6 Å². The van der Waals surface area contributed by atoms with Crippen LogP contribution in [0.15, 0.2) is 0 Å². The minimum atomic E-state index is 0.398. The molecule has 0 saturated carbocycles. The van der Waals surface area contributed by atoms with Crippen LogP contribution in [0.5, 0.6) is 0 Å². The van der Waals surface area contributed by atoms with Crippen molar-refractivity contribution in [2.24, 2.45) is 0 Å². The van der Waals surface area contributed by atoms with Gasteiger partial charge in [-0.2, -0.15) is 12.6 Å². The Morgan fingerprint density at radius 2 is 1.92 bits per heavy atom. The molecule has 0 spiro atoms. The summed E-state index contributed by atoms with van der Waals surface area (Å²) >= 11 is 4.15. The first-order valence-corrected chi connectivity index (χ1v) is 5.37. The lowest BCUT2D eigenvalue weighted by Crippen LogP contribution is -2.36. The lowest BCUT2D eigenvalue weighted by molar-refractivity contribution is -0.129. The van der Waals surface area contributed by atoms with E-state index < -0.39 is 0 Å². The van der Waals surface area contributed by atoms with Crippen molar-refractivity contribution in [1.29, 1.82) is 0 Å². The van der Waals surface area contributed by atoms with E-state index >= 15 is 0 Å². The maximum atomic E-state index is 5.51. The fraction of sp³-hybridized carbons (Fsp3) is 1.00. The second kappa shape index (κ2) is 6.75. The van der Waals surface area contributed by atoms with E-state index in [0.717, 1.165) is 25.6 Å². The van der Waals surface area contributed by atoms with Crippen LogP contribution in [0.25, 0.3) is 0 Å². The maximum Gasteiger partial charge on any atom is 0.104 e. The van der Waals surface area contributed by atoms with Crippen LogP contribution in [0.2, 0.25) is 0 Å². The van der Waals surface area contributed by atoms with Gasteiger partial charge < -0.3 is 9.47 Å². The molecule has 1 fully saturated rings. The van der Waals surface area contributed by atoms with Gasteiger partial charge in [-0.15, -0.1) is 0 Å². The molecule has 12 heavy (non-hydrogen) atoms. The van der Waals surface area contributed by atoms with E-state index in [1.807, 2.05) is 0 Å². The highest BCUT2D eigenvalue weighted by Crippen LogP contribution is 2.07. The fourth-order valence-corrected chi connectivity index (χ4v) is 1.35. The highest BCUT2D eigenvalue weighted by atomic mass is 32.1. The van der Waals surface area contributed by atoms with Gasteiger partial charge in [0.2, 0.25) is 0 Å². The Kier molecular flexibility index (Phi) is 5.82. The molecule has 0 N–H and O–H groups in total. The Bertz CT molecular complexity index is 105. The van der Waals surface area contributed by atoms with E-state index in [4.69, 9.17) is 9.47 Å². The van der Waals surface area contributed by atoms with Gasteiger partial charge in [-0.05, 0) is 18.6 Å². The maximum absolute atomic E-state index is 5.51. The molecule has 3 heteroatoms. The van der Waals surface area contributed by atoms with Gasteiger partial charge in [-0.25, -0.2) is 0 Å². The number of thiol groups is 1. The summed E-state index contributed by atoms with van der Waals surface area (Å²) in [5.74, 6) is 1.01. The largest absolute Gasteiger partial charge is 0.376 e. The predicted octanol–water partition coefficient (Wildman–Crippen LogP) is 1.89. The minimum Gasteiger partial charge on any atom is -0.376 e. The molecule has 1 rings (SSSR count). The van der Waals surface area contributed by atoms with Gasteiger partial charge in [-0.1, -0.05) is 12.8 Å². The van der Waals surface area contributed by atoms with Crippen molar-refractivity contribution in [3.8, 4) is 0 Å². The first kappa shape index (κ1) is 10.4. The third-order valence-electron chi connectivity index (χ3n) is 2.01. The molecule has 0 unspecified atom stereocenters. The van der Waals surface area contributed by atoms with Crippen LogP contribution in [0.3, 0.4) is 0 Å². The number of unbranched alkanes of at least 4 members (excludes halogenated alkanes) is 3. The molecule has 1 heterocycles. The van der Waals surface area contributed by atoms with Crippen molar-refractivity contribution in [3.63, 3.8) is 0 Å². The Morgan fingerprint density at radius 1 is 1.17 bits per heavy atom. The Hall–Kier alpha value is 0.270. The molecule has 1 aliphatic heterocycles. The van der Waals surface area contributed by atoms with Gasteiger partial charge in [-0.3, -0.25) is 0 Å². The van der Waals surface area contributed by atoms with Crippen LogP contribution in [-0.4, -0.2) is 31.7 Å². The summed E-state index contributed by atoms with van der Waals surface area (Å²) in [6.07, 6.45) is 5.37. The highest BCUT2D eigenvalue weighted by molar-refractivity contribution is 7.80. The molecule has 72 valence electrons. The van der Waals surface area contributed by atoms with Gasteiger partial charge in [0.05, 0.1) is 13.2 Å². The van der Waals surface area contributed by atoms with Crippen molar-refractivity contribution in [3.05, 3.63) is 0 Å². The molecule has 0 aromatic rings. The fourth-order valence-electron chi connectivity index (χ4n) is 1.13. The van der Waals surface area contributed by atoms with Crippen LogP contribution in [0.4, 0.5) is 0 Å². The summed E-state index contributed by atoms with van der Waals surface area (Å²) in [7, 11) is 0. The molecule has 0 aliphatic carbocycles. The van der Waals surface area contributed by atoms with Gasteiger partial charge in [0.15, 0.2) is 0 Å². The predicted molar refractivity (Wildman–Crippen MR) is 52.9 cm³/mol. The second-order valence-electron chi connectivity index (χ2n) is 3.17. The zero-order valence-corrected chi connectivity index (χ0v) is 8.39. The molecular formula is C9H18O2S. The first-order chi connectivity index (χ1) is 5.93. The van der Waals surface area contributed by atoms with Gasteiger partial charge >= 0.3 is 0 Å². The van der Waals surface area contributed by atoms with Crippen LogP contribution < -0.4 is 0 Å². The van der Waals surface area contributed by atoms with Gasteiger partial charge in [0, 0.05) is 6.61 Å². The molecule has 0 aromatic carbocycles. The average molecular weight is 190 g/mol. The quantitative estimate of drug-likeness (QED) is 0.488. The van der Waals surface area contributed by atoms with Crippen molar-refractivity contribution < 1.29 is 9.47 Å². The van der Waals surface area contributed by atoms with E-state index in [9.17, 15) is 0 Å². The Morgan fingerprint density at radius 3 is 2.50 bits per heavy atom. The van der Waals surface area contributed by atoms with Crippen LogP contribution >= 0.6 is 12.6 Å². The van der Waals surface area contributed by atoms with E-state index in [2.05, 4.69) is 12.6 Å². The van der Waals surface area contributed by atoms with Crippen molar-refractivity contribution in [1.82, 2.24) is 0 Å². The number of rotatable bonds is 7. The zero-order valence-electron chi connectivity index (χ0n) is 7.50. The summed E-state index contributed by atoms with van der Waals surface area (Å²) in [4.78, 5) is 0. The standard InChI is InChI=1S/C9H18O2S/c12-6-4-2-1-3-5-11-9-7-10-8-9/h9,12H,1-8H2. The molecule has 0 amide bonds. The molecule has 2 nitrogen and oxygen atoms in total. The third kappa shape index (κ3) is 4.33. The summed E-state index contributed by atoms with van der Waals surface area (Å²) in [6.45, 7) is 2.51. The molecule has 1 aliphatic rings. The summed E-state index contributed by atoms with van der Waals surface area (Å²) < 4.78 is 10.5. The van der Waals surface area contributed by atoms with E-state index in [1.165, 1.54) is 25.7 Å². The highest BCUT2D eigenvalue weighted by Gasteiger charge is 2.17. The zero-order chi connectivity index (χ0) is 8.65. The average Bonchev–Trinajstić information content (AvgIpc) is 2.00. The van der Waals surface area contributed by atoms with Crippen LogP contribution in [0, 0.1) is 0 Å². The SMILES string of the molecule is SCCCCCCOC1COC1. The number of hydrogen-bond acceptors (Lipinski definition) is 3. The lowest BCUT2D eigenvalue weighted by Gasteiger charge is -2.25. The molecular weight excluding hydrogens is 172 g/mol. The lowest BCUT2D eigenvalue weighted by atomic mass is 10.2. The smallest absolute Gasteiger partial charge is 0.104 e. The topological polar surface area (TPSA) is 18.5 Å². The molecule has 0 bridgehead atoms. The Balaban J connectivity index is 1.70. The van der Waals surface area contributed by atoms with E-state index in [0.29, 0.717) is 6.10 Å². The van der Waals surface area contributed by atoms with Gasteiger partial charge in [0.1, 0.15) is 6.10 Å². The normalized spacial score (nSPS) is 17.8. The molecule has 0 radical (unpaired) electrons. The summed E-state index contributed by atoms with van der Waals surface area (Å²) in [5.41, 5.74) is 0.